The standard InChI is InChI=1S/C20H27N5O3/c1-20(2,3)28-19(27)24-11-5-4-6-17(24)12-22-18(26)15-7-9-16(10-8-15)25-14-21-13-23-25/h7-10,13-14,17H,4-6,11-12H2,1-3H3,(H,22,26). The lowest BCUT2D eigenvalue weighted by Crippen LogP contribution is -2.50. The summed E-state index contributed by atoms with van der Waals surface area (Å²) in [5.41, 5.74) is 0.856. The highest BCUT2D eigenvalue weighted by Gasteiger charge is 2.30. The largest absolute Gasteiger partial charge is 0.444 e. The van der Waals surface area contributed by atoms with Crippen LogP contribution in [0.15, 0.2) is 36.9 Å². The first-order valence-corrected chi connectivity index (χ1v) is 9.56. The minimum atomic E-state index is -0.534. The summed E-state index contributed by atoms with van der Waals surface area (Å²) >= 11 is 0. The molecule has 1 N–H and O–H groups in total. The van der Waals surface area contributed by atoms with Gasteiger partial charge in [-0.25, -0.2) is 14.5 Å². The number of aromatic nitrogens is 3. The van der Waals surface area contributed by atoms with Gasteiger partial charge in [0.2, 0.25) is 0 Å². The molecule has 8 nitrogen and oxygen atoms in total. The maximum atomic E-state index is 12.5. The van der Waals surface area contributed by atoms with Gasteiger partial charge < -0.3 is 15.0 Å². The molecule has 0 saturated carbocycles. The van der Waals surface area contributed by atoms with Crippen LogP contribution in [0.4, 0.5) is 4.79 Å². The van der Waals surface area contributed by atoms with Gasteiger partial charge in [-0.3, -0.25) is 4.79 Å². The number of carbonyl (C=O) groups excluding carboxylic acids is 2. The Labute approximate surface area is 164 Å². The van der Waals surface area contributed by atoms with Gasteiger partial charge in [0.05, 0.1) is 11.7 Å². The van der Waals surface area contributed by atoms with Gasteiger partial charge in [0.25, 0.3) is 5.91 Å². The lowest BCUT2D eigenvalue weighted by molar-refractivity contribution is 0.00986. The average Bonchev–Trinajstić information content (AvgIpc) is 3.20. The zero-order valence-corrected chi connectivity index (χ0v) is 16.6. The molecule has 1 unspecified atom stereocenters. The van der Waals surface area contributed by atoms with Crippen LogP contribution in [-0.4, -0.2) is 56.4 Å². The van der Waals surface area contributed by atoms with Gasteiger partial charge in [-0.2, -0.15) is 5.10 Å². The highest BCUT2D eigenvalue weighted by Crippen LogP contribution is 2.20. The summed E-state index contributed by atoms with van der Waals surface area (Å²) in [5.74, 6) is -0.167. The van der Waals surface area contributed by atoms with Crippen molar-refractivity contribution in [1.29, 1.82) is 0 Å². The summed E-state index contributed by atoms with van der Waals surface area (Å²) in [6.45, 7) is 6.63. The number of carbonyl (C=O) groups is 2. The molecule has 150 valence electrons. The topological polar surface area (TPSA) is 89.4 Å². The van der Waals surface area contributed by atoms with Crippen molar-refractivity contribution in [2.75, 3.05) is 13.1 Å². The maximum Gasteiger partial charge on any atom is 0.410 e. The number of hydrogen-bond acceptors (Lipinski definition) is 5. The number of amides is 2. The Hall–Kier alpha value is -2.90. The van der Waals surface area contributed by atoms with E-state index in [1.165, 1.54) is 6.33 Å². The van der Waals surface area contributed by atoms with Gasteiger partial charge >= 0.3 is 6.09 Å². The van der Waals surface area contributed by atoms with Crippen molar-refractivity contribution in [2.45, 2.75) is 51.7 Å². The van der Waals surface area contributed by atoms with E-state index in [4.69, 9.17) is 4.74 Å². The molecule has 8 heteroatoms. The van der Waals surface area contributed by atoms with Gasteiger partial charge in [-0.05, 0) is 64.3 Å². The van der Waals surface area contributed by atoms with Gasteiger partial charge in [0.1, 0.15) is 18.3 Å². The predicted molar refractivity (Wildman–Crippen MR) is 104 cm³/mol. The van der Waals surface area contributed by atoms with Crippen LogP contribution in [0, 0.1) is 0 Å². The Bertz CT molecular complexity index is 796. The molecule has 1 aromatic carbocycles. The summed E-state index contributed by atoms with van der Waals surface area (Å²) in [6.07, 6.45) is 5.58. The maximum absolute atomic E-state index is 12.5. The van der Waals surface area contributed by atoms with Crippen molar-refractivity contribution in [1.82, 2.24) is 25.0 Å². The van der Waals surface area contributed by atoms with Crippen LogP contribution in [0.3, 0.4) is 0 Å². The molecule has 1 aliphatic heterocycles. The highest BCUT2D eigenvalue weighted by atomic mass is 16.6. The second-order valence-corrected chi connectivity index (χ2v) is 7.92. The smallest absolute Gasteiger partial charge is 0.410 e. The van der Waals surface area contributed by atoms with Gasteiger partial charge in [0.15, 0.2) is 0 Å². The molecule has 1 aromatic heterocycles. The van der Waals surface area contributed by atoms with Crippen molar-refractivity contribution in [3.05, 3.63) is 42.5 Å². The van der Waals surface area contributed by atoms with Gasteiger partial charge in [0, 0.05) is 18.7 Å². The van der Waals surface area contributed by atoms with Crippen molar-refractivity contribution < 1.29 is 14.3 Å². The molecule has 2 amide bonds. The van der Waals surface area contributed by atoms with Crippen molar-refractivity contribution >= 4 is 12.0 Å². The van der Waals surface area contributed by atoms with Crippen molar-refractivity contribution in [3.8, 4) is 5.69 Å². The molecule has 0 spiro atoms. The number of nitrogens with zero attached hydrogens (tertiary/aromatic N) is 4. The van der Waals surface area contributed by atoms with E-state index in [0.29, 0.717) is 18.7 Å². The Morgan fingerprint density at radius 3 is 2.61 bits per heavy atom. The Kier molecular flexibility index (Phi) is 5.96. The Balaban J connectivity index is 1.58. The molecule has 2 aromatic rings. The summed E-state index contributed by atoms with van der Waals surface area (Å²) in [6, 6.07) is 7.08. The minimum absolute atomic E-state index is 0.0537. The summed E-state index contributed by atoms with van der Waals surface area (Å²) in [4.78, 5) is 30.6. The number of hydrogen-bond donors (Lipinski definition) is 1. The molecule has 28 heavy (non-hydrogen) atoms. The fourth-order valence-electron chi connectivity index (χ4n) is 3.19. The second kappa shape index (κ2) is 8.41. The minimum Gasteiger partial charge on any atom is -0.444 e. The monoisotopic (exact) mass is 385 g/mol. The first-order valence-electron chi connectivity index (χ1n) is 9.56. The number of nitrogens with one attached hydrogen (secondary N) is 1. The van der Waals surface area contributed by atoms with E-state index in [9.17, 15) is 9.59 Å². The Morgan fingerprint density at radius 2 is 1.96 bits per heavy atom. The van der Waals surface area contributed by atoms with E-state index in [-0.39, 0.29) is 18.0 Å². The summed E-state index contributed by atoms with van der Waals surface area (Å²) in [5, 5.41) is 7.01. The third-order valence-corrected chi connectivity index (χ3v) is 4.57. The molecule has 0 bridgehead atoms. The number of benzene rings is 1. The molecule has 3 rings (SSSR count). The summed E-state index contributed by atoms with van der Waals surface area (Å²) in [7, 11) is 0. The fraction of sp³-hybridized carbons (Fsp3) is 0.500. The van der Waals surface area contributed by atoms with Crippen molar-refractivity contribution in [3.63, 3.8) is 0 Å². The molecular weight excluding hydrogens is 358 g/mol. The molecule has 0 radical (unpaired) electrons. The fourth-order valence-corrected chi connectivity index (χ4v) is 3.19. The van der Waals surface area contributed by atoms with E-state index in [1.807, 2.05) is 32.9 Å². The zero-order chi connectivity index (χ0) is 20.1. The number of likely N-dealkylation sites (tertiary alicyclic amines) is 1. The lowest BCUT2D eigenvalue weighted by Gasteiger charge is -2.36. The molecule has 1 fully saturated rings. The van der Waals surface area contributed by atoms with E-state index < -0.39 is 5.60 Å². The van der Waals surface area contributed by atoms with Crippen LogP contribution < -0.4 is 5.32 Å². The van der Waals surface area contributed by atoms with Crippen LogP contribution in [0.5, 0.6) is 0 Å². The highest BCUT2D eigenvalue weighted by molar-refractivity contribution is 5.94. The second-order valence-electron chi connectivity index (χ2n) is 7.92. The molecule has 2 heterocycles. The SMILES string of the molecule is CC(C)(C)OC(=O)N1CCCCC1CNC(=O)c1ccc(-n2cncn2)cc1. The van der Waals surface area contributed by atoms with Crippen LogP contribution in [0.1, 0.15) is 50.4 Å². The van der Waals surface area contributed by atoms with Crippen molar-refractivity contribution in [2.24, 2.45) is 0 Å². The first-order chi connectivity index (χ1) is 13.3. The number of ether oxygens (including phenoxy) is 1. The van der Waals surface area contributed by atoms with Crippen LogP contribution in [0.2, 0.25) is 0 Å². The lowest BCUT2D eigenvalue weighted by atomic mass is 10.0. The molecule has 0 aliphatic carbocycles. The molecule has 1 aliphatic rings. The van der Waals surface area contributed by atoms with E-state index in [0.717, 1.165) is 24.9 Å². The van der Waals surface area contributed by atoms with Crippen LogP contribution >= 0.6 is 0 Å². The average molecular weight is 385 g/mol. The number of rotatable bonds is 4. The normalized spacial score (nSPS) is 17.2. The number of piperidine rings is 1. The first kappa shape index (κ1) is 19.9. The summed E-state index contributed by atoms with van der Waals surface area (Å²) < 4.78 is 7.14. The Morgan fingerprint density at radius 1 is 1.21 bits per heavy atom. The molecular formula is C20H27N5O3. The van der Waals surface area contributed by atoms with Crippen LogP contribution in [-0.2, 0) is 4.74 Å². The quantitative estimate of drug-likeness (QED) is 0.874. The molecule has 1 atom stereocenters. The van der Waals surface area contributed by atoms with E-state index in [2.05, 4.69) is 15.4 Å². The van der Waals surface area contributed by atoms with Gasteiger partial charge in [-0.1, -0.05) is 0 Å². The third-order valence-electron chi connectivity index (χ3n) is 4.57. The van der Waals surface area contributed by atoms with Gasteiger partial charge in [-0.15, -0.1) is 0 Å². The third kappa shape index (κ3) is 5.09. The zero-order valence-electron chi connectivity index (χ0n) is 16.6. The van der Waals surface area contributed by atoms with Crippen LogP contribution in [0.25, 0.3) is 5.69 Å². The predicted octanol–water partition coefficient (Wildman–Crippen LogP) is 2.79. The molecule has 1 saturated heterocycles. The van der Waals surface area contributed by atoms with E-state index >= 15 is 0 Å². The van der Waals surface area contributed by atoms with E-state index in [1.54, 1.807) is 28.0 Å².